The molecule has 3 N–H and O–H groups in total. The minimum Gasteiger partial charge on any atom is -0.481 e. The Balaban J connectivity index is 2.83. The Bertz CT molecular complexity index is 85.0. The van der Waals surface area contributed by atoms with Crippen LogP contribution in [0.1, 0.15) is 13.3 Å². The highest BCUT2D eigenvalue weighted by Gasteiger charge is 1.92. The Hall–Kier alpha value is -0.610. The molecule has 0 aromatic heterocycles. The van der Waals surface area contributed by atoms with Gasteiger partial charge >= 0.3 is 5.97 Å². The molecule has 4 nitrogen and oxygen atoms in total. The van der Waals surface area contributed by atoms with Gasteiger partial charge in [0.05, 0.1) is 6.42 Å². The lowest BCUT2D eigenvalue weighted by molar-refractivity contribution is -0.136. The number of nitrogens with one attached hydrogen (secondary N) is 2. The van der Waals surface area contributed by atoms with Gasteiger partial charge in [-0.2, -0.15) is 0 Å². The quantitative estimate of drug-likeness (QED) is 0.351. The number of hydrazine groups is 1. The lowest BCUT2D eigenvalue weighted by Crippen LogP contribution is -2.33. The summed E-state index contributed by atoms with van der Waals surface area (Å²) in [5, 5.41) is 8.15. The van der Waals surface area contributed by atoms with Crippen LogP contribution in [0.2, 0.25) is 0 Å². The van der Waals surface area contributed by atoms with Crippen molar-refractivity contribution in [2.24, 2.45) is 0 Å². The maximum atomic E-state index is 9.89. The summed E-state index contributed by atoms with van der Waals surface area (Å²) >= 11 is 0. The smallest absolute Gasteiger partial charge is 0.304 e. The van der Waals surface area contributed by atoms with Gasteiger partial charge in [-0.05, 0) is 0 Å². The van der Waals surface area contributed by atoms with Crippen LogP contribution in [0.4, 0.5) is 0 Å². The van der Waals surface area contributed by atoms with Crippen LogP contribution >= 0.6 is 0 Å². The van der Waals surface area contributed by atoms with Crippen molar-refractivity contribution in [1.82, 2.24) is 10.9 Å². The van der Waals surface area contributed by atoms with Crippen LogP contribution in [-0.2, 0) is 4.79 Å². The average Bonchev–Trinajstić information content (AvgIpc) is 1.80. The highest BCUT2D eigenvalue weighted by molar-refractivity contribution is 5.66. The predicted molar refractivity (Wildman–Crippen MR) is 33.9 cm³/mol. The van der Waals surface area contributed by atoms with Crippen molar-refractivity contribution in [2.75, 3.05) is 13.1 Å². The second kappa shape index (κ2) is 5.53. The molecule has 0 rings (SSSR count). The lowest BCUT2D eigenvalue weighted by atomic mass is 10.4. The van der Waals surface area contributed by atoms with Crippen LogP contribution in [0.25, 0.3) is 0 Å². The summed E-state index contributed by atoms with van der Waals surface area (Å²) in [5.74, 6) is -0.777. The van der Waals surface area contributed by atoms with Crippen LogP contribution in [0.5, 0.6) is 0 Å². The van der Waals surface area contributed by atoms with E-state index in [1.807, 2.05) is 6.92 Å². The molecule has 0 unspecified atom stereocenters. The molecule has 0 fully saturated rings. The molecule has 0 aromatic carbocycles. The Morgan fingerprint density at radius 2 is 2.22 bits per heavy atom. The van der Waals surface area contributed by atoms with E-state index in [1.165, 1.54) is 0 Å². The third-order valence-electron chi connectivity index (χ3n) is 0.766. The van der Waals surface area contributed by atoms with Crippen molar-refractivity contribution in [3.8, 4) is 0 Å². The summed E-state index contributed by atoms with van der Waals surface area (Å²) in [5.41, 5.74) is 5.53. The van der Waals surface area contributed by atoms with Gasteiger partial charge in [0.15, 0.2) is 0 Å². The van der Waals surface area contributed by atoms with Crippen LogP contribution in [-0.4, -0.2) is 24.2 Å². The minimum absolute atomic E-state index is 0.160. The predicted octanol–water partition coefficient (Wildman–Crippen LogP) is -0.425. The van der Waals surface area contributed by atoms with Gasteiger partial charge in [0.2, 0.25) is 0 Å². The molecule has 0 radical (unpaired) electrons. The molecule has 9 heavy (non-hydrogen) atoms. The standard InChI is InChI=1S/C5H12N2O2/c1-2-6-7-4-3-5(8)9/h6-7H,2-4H2,1H3,(H,8,9). The first-order valence-corrected chi connectivity index (χ1v) is 2.95. The van der Waals surface area contributed by atoms with E-state index >= 15 is 0 Å². The average molecular weight is 132 g/mol. The van der Waals surface area contributed by atoms with Crippen molar-refractivity contribution in [3.05, 3.63) is 0 Å². The molecule has 0 heterocycles. The first-order valence-electron chi connectivity index (χ1n) is 2.95. The van der Waals surface area contributed by atoms with Crippen LogP contribution < -0.4 is 10.9 Å². The molecular weight excluding hydrogens is 120 g/mol. The fourth-order valence-corrected chi connectivity index (χ4v) is 0.383. The van der Waals surface area contributed by atoms with Crippen molar-refractivity contribution in [3.63, 3.8) is 0 Å². The molecule has 4 heteroatoms. The largest absolute Gasteiger partial charge is 0.481 e. The molecule has 0 atom stereocenters. The number of carbonyl (C=O) groups is 1. The zero-order valence-corrected chi connectivity index (χ0v) is 5.48. The van der Waals surface area contributed by atoms with Gasteiger partial charge in [-0.15, -0.1) is 0 Å². The van der Waals surface area contributed by atoms with Crippen molar-refractivity contribution >= 4 is 5.97 Å². The first kappa shape index (κ1) is 8.39. The number of hydrogen-bond acceptors (Lipinski definition) is 3. The van der Waals surface area contributed by atoms with Crippen molar-refractivity contribution in [1.29, 1.82) is 0 Å². The highest BCUT2D eigenvalue weighted by atomic mass is 16.4. The van der Waals surface area contributed by atoms with Crippen molar-refractivity contribution in [2.45, 2.75) is 13.3 Å². The van der Waals surface area contributed by atoms with Gasteiger partial charge in [0.1, 0.15) is 0 Å². The van der Waals surface area contributed by atoms with Gasteiger partial charge < -0.3 is 5.11 Å². The zero-order chi connectivity index (χ0) is 7.11. The minimum atomic E-state index is -0.777. The fourth-order valence-electron chi connectivity index (χ4n) is 0.383. The normalized spacial score (nSPS) is 9.44. The molecule has 0 aliphatic heterocycles. The third-order valence-corrected chi connectivity index (χ3v) is 0.766. The van der Waals surface area contributed by atoms with Gasteiger partial charge in [-0.1, -0.05) is 6.92 Å². The van der Waals surface area contributed by atoms with Gasteiger partial charge in [-0.3, -0.25) is 15.6 Å². The summed E-state index contributed by atoms with van der Waals surface area (Å²) in [4.78, 5) is 9.89. The maximum absolute atomic E-state index is 9.89. The van der Waals surface area contributed by atoms with E-state index in [-0.39, 0.29) is 6.42 Å². The van der Waals surface area contributed by atoms with E-state index < -0.39 is 5.97 Å². The van der Waals surface area contributed by atoms with Crippen LogP contribution in [0.3, 0.4) is 0 Å². The second-order valence-electron chi connectivity index (χ2n) is 1.60. The van der Waals surface area contributed by atoms with Gasteiger partial charge in [0, 0.05) is 13.1 Å². The molecule has 54 valence electrons. The monoisotopic (exact) mass is 132 g/mol. The van der Waals surface area contributed by atoms with E-state index in [0.717, 1.165) is 6.54 Å². The van der Waals surface area contributed by atoms with Crippen LogP contribution in [0, 0.1) is 0 Å². The SMILES string of the molecule is CCNNCCC(=O)O. The molecule has 0 aliphatic carbocycles. The van der Waals surface area contributed by atoms with Gasteiger partial charge in [-0.25, -0.2) is 0 Å². The maximum Gasteiger partial charge on any atom is 0.304 e. The Kier molecular flexibility index (Phi) is 5.15. The summed E-state index contributed by atoms with van der Waals surface area (Å²) in [7, 11) is 0. The number of rotatable bonds is 5. The topological polar surface area (TPSA) is 61.4 Å². The molecule has 0 saturated heterocycles. The fraction of sp³-hybridized carbons (Fsp3) is 0.800. The molecule has 0 aromatic rings. The zero-order valence-electron chi connectivity index (χ0n) is 5.48. The highest BCUT2D eigenvalue weighted by Crippen LogP contribution is 1.71. The van der Waals surface area contributed by atoms with Gasteiger partial charge in [0.25, 0.3) is 0 Å². The van der Waals surface area contributed by atoms with E-state index in [2.05, 4.69) is 10.9 Å². The Labute approximate surface area is 54.2 Å². The van der Waals surface area contributed by atoms with E-state index in [0.29, 0.717) is 6.54 Å². The number of carboxylic acids is 1. The number of hydrogen-bond donors (Lipinski definition) is 3. The summed E-state index contributed by atoms with van der Waals surface area (Å²) in [6, 6.07) is 0. The summed E-state index contributed by atoms with van der Waals surface area (Å²) in [6.45, 7) is 3.22. The van der Waals surface area contributed by atoms with E-state index in [9.17, 15) is 4.79 Å². The molecule has 0 aliphatic rings. The summed E-state index contributed by atoms with van der Waals surface area (Å²) in [6.07, 6.45) is 0.160. The number of aliphatic carboxylic acids is 1. The number of carboxylic acid groups (broad SMARTS) is 1. The first-order chi connectivity index (χ1) is 4.27. The van der Waals surface area contributed by atoms with Crippen molar-refractivity contribution < 1.29 is 9.90 Å². The van der Waals surface area contributed by atoms with Crippen LogP contribution in [0.15, 0.2) is 0 Å². The molecule has 0 spiro atoms. The molecule has 0 amide bonds. The lowest BCUT2D eigenvalue weighted by Gasteiger charge is -1.99. The summed E-state index contributed by atoms with van der Waals surface area (Å²) < 4.78 is 0. The Morgan fingerprint density at radius 3 is 2.67 bits per heavy atom. The third kappa shape index (κ3) is 7.39. The van der Waals surface area contributed by atoms with E-state index in [4.69, 9.17) is 5.11 Å². The molecule has 0 bridgehead atoms. The van der Waals surface area contributed by atoms with E-state index in [1.54, 1.807) is 0 Å². The molecular formula is C5H12N2O2. The molecule has 0 saturated carbocycles. The second-order valence-corrected chi connectivity index (χ2v) is 1.60. The Morgan fingerprint density at radius 1 is 1.56 bits per heavy atom.